The number of nitrogens with zero attached hydrogens (tertiary/aromatic N) is 1. The highest BCUT2D eigenvalue weighted by Gasteiger charge is 2.21. The first-order valence-corrected chi connectivity index (χ1v) is 9.73. The van der Waals surface area contributed by atoms with Gasteiger partial charge in [-0.2, -0.15) is 0 Å². The number of likely N-dealkylation sites (N-methyl/N-ethyl adjacent to an activating group) is 1. The number of carbonyl (C=O) groups excluding carboxylic acids is 1. The Morgan fingerprint density at radius 3 is 2.79 bits per heavy atom. The Morgan fingerprint density at radius 1 is 1.29 bits per heavy atom. The van der Waals surface area contributed by atoms with Crippen LogP contribution in [0.2, 0.25) is 0 Å². The molecule has 2 saturated heterocycles. The second-order valence-electron chi connectivity index (χ2n) is 7.19. The molecule has 2 aliphatic rings. The van der Waals surface area contributed by atoms with Crippen molar-refractivity contribution in [1.82, 2.24) is 15.5 Å². The first-order chi connectivity index (χ1) is 12.7. The molecule has 6 nitrogen and oxygen atoms in total. The monoisotopic (exact) mass is 433 g/mol. The molecule has 2 fully saturated rings. The van der Waals surface area contributed by atoms with E-state index in [0.717, 1.165) is 63.3 Å². The predicted molar refractivity (Wildman–Crippen MR) is 116 cm³/mol. The van der Waals surface area contributed by atoms with E-state index >= 15 is 0 Å². The molecule has 2 heterocycles. The Bertz CT molecular complexity index is 580. The quantitative estimate of drug-likeness (QED) is 0.658. The fraction of sp³-hybridized carbons (Fsp3) is 0.650. The van der Waals surface area contributed by atoms with Gasteiger partial charge in [-0.05, 0) is 57.0 Å². The number of nitrogens with one attached hydrogen (secondary N) is 2. The van der Waals surface area contributed by atoms with Gasteiger partial charge in [0.2, 0.25) is 5.91 Å². The largest absolute Gasteiger partial charge is 0.492 e. The van der Waals surface area contributed by atoms with Crippen LogP contribution in [0.4, 0.5) is 0 Å². The Balaban J connectivity index is 0.00000196. The number of carbonyl (C=O) groups is 1. The molecule has 1 aromatic rings. The molecule has 1 amide bonds. The first kappa shape index (κ1) is 25.0. The lowest BCUT2D eigenvalue weighted by atomic mass is 10.1. The molecular weight excluding hydrogens is 401 g/mol. The van der Waals surface area contributed by atoms with Crippen LogP contribution in [0.1, 0.15) is 31.2 Å². The molecule has 0 spiro atoms. The van der Waals surface area contributed by atoms with Gasteiger partial charge in [0.05, 0.1) is 6.04 Å². The number of amides is 1. The summed E-state index contributed by atoms with van der Waals surface area (Å²) in [5.74, 6) is 0.947. The summed E-state index contributed by atoms with van der Waals surface area (Å²) < 4.78 is 11.3. The van der Waals surface area contributed by atoms with Crippen molar-refractivity contribution in [2.24, 2.45) is 0 Å². The lowest BCUT2D eigenvalue weighted by Crippen LogP contribution is -2.40. The fourth-order valence-corrected chi connectivity index (χ4v) is 3.58. The molecule has 0 aromatic heterocycles. The van der Waals surface area contributed by atoms with Gasteiger partial charge in [-0.3, -0.25) is 9.69 Å². The maximum absolute atomic E-state index is 12.1. The van der Waals surface area contributed by atoms with E-state index in [4.69, 9.17) is 9.47 Å². The summed E-state index contributed by atoms with van der Waals surface area (Å²) >= 11 is 0. The summed E-state index contributed by atoms with van der Waals surface area (Å²) in [6, 6.07) is 8.54. The molecule has 0 saturated carbocycles. The first-order valence-electron chi connectivity index (χ1n) is 9.73. The van der Waals surface area contributed by atoms with Crippen LogP contribution in [0.5, 0.6) is 5.75 Å². The SMILES string of the molecule is CN(CCOc1cccc(CNC(=O)C2CCCN2)c1)C1CCOCC1.Cl.Cl. The summed E-state index contributed by atoms with van der Waals surface area (Å²) in [7, 11) is 2.16. The van der Waals surface area contributed by atoms with Crippen molar-refractivity contribution in [3.05, 3.63) is 29.8 Å². The molecule has 1 unspecified atom stereocenters. The lowest BCUT2D eigenvalue weighted by molar-refractivity contribution is -0.122. The third kappa shape index (κ3) is 7.76. The van der Waals surface area contributed by atoms with E-state index in [1.807, 2.05) is 24.3 Å². The average Bonchev–Trinajstić information content (AvgIpc) is 3.22. The molecule has 28 heavy (non-hydrogen) atoms. The fourth-order valence-electron chi connectivity index (χ4n) is 3.58. The van der Waals surface area contributed by atoms with Crippen molar-refractivity contribution < 1.29 is 14.3 Å². The molecule has 1 atom stereocenters. The van der Waals surface area contributed by atoms with Gasteiger partial charge in [-0.25, -0.2) is 0 Å². The van der Waals surface area contributed by atoms with Crippen LogP contribution in [0.3, 0.4) is 0 Å². The van der Waals surface area contributed by atoms with E-state index in [2.05, 4.69) is 22.6 Å². The second kappa shape index (κ2) is 13.2. The van der Waals surface area contributed by atoms with E-state index in [1.165, 1.54) is 0 Å². The average molecular weight is 434 g/mol. The normalized spacial score (nSPS) is 19.6. The van der Waals surface area contributed by atoms with Gasteiger partial charge >= 0.3 is 0 Å². The van der Waals surface area contributed by atoms with E-state index in [0.29, 0.717) is 19.2 Å². The molecule has 0 aliphatic carbocycles. The third-order valence-corrected chi connectivity index (χ3v) is 5.27. The summed E-state index contributed by atoms with van der Waals surface area (Å²) in [5.41, 5.74) is 1.06. The summed E-state index contributed by atoms with van der Waals surface area (Å²) in [6.07, 6.45) is 4.20. The zero-order valence-electron chi connectivity index (χ0n) is 16.5. The van der Waals surface area contributed by atoms with Crippen molar-refractivity contribution in [2.75, 3.05) is 40.0 Å². The van der Waals surface area contributed by atoms with Gasteiger partial charge in [-0.15, -0.1) is 24.8 Å². The van der Waals surface area contributed by atoms with Crippen molar-refractivity contribution in [3.8, 4) is 5.75 Å². The molecule has 2 N–H and O–H groups in total. The van der Waals surface area contributed by atoms with Crippen LogP contribution in [0.15, 0.2) is 24.3 Å². The minimum absolute atomic E-state index is 0. The number of ether oxygens (including phenoxy) is 2. The smallest absolute Gasteiger partial charge is 0.237 e. The lowest BCUT2D eigenvalue weighted by Gasteiger charge is -2.31. The zero-order chi connectivity index (χ0) is 18.2. The Morgan fingerprint density at radius 2 is 2.07 bits per heavy atom. The minimum atomic E-state index is -0.0323. The summed E-state index contributed by atoms with van der Waals surface area (Å²) in [5, 5.41) is 6.23. The molecule has 1 aromatic carbocycles. The van der Waals surface area contributed by atoms with Crippen molar-refractivity contribution in [2.45, 2.75) is 44.3 Å². The van der Waals surface area contributed by atoms with E-state index in [9.17, 15) is 4.79 Å². The van der Waals surface area contributed by atoms with Crippen LogP contribution in [0.25, 0.3) is 0 Å². The van der Waals surface area contributed by atoms with Gasteiger partial charge in [-0.1, -0.05) is 12.1 Å². The zero-order valence-corrected chi connectivity index (χ0v) is 18.2. The van der Waals surface area contributed by atoms with Crippen LogP contribution in [-0.4, -0.2) is 62.8 Å². The Labute approximate surface area is 180 Å². The van der Waals surface area contributed by atoms with E-state index in [-0.39, 0.29) is 36.8 Å². The number of benzene rings is 1. The molecule has 0 radical (unpaired) electrons. The van der Waals surface area contributed by atoms with Crippen molar-refractivity contribution in [1.29, 1.82) is 0 Å². The maximum atomic E-state index is 12.1. The van der Waals surface area contributed by atoms with Crippen molar-refractivity contribution in [3.63, 3.8) is 0 Å². The van der Waals surface area contributed by atoms with Crippen LogP contribution < -0.4 is 15.4 Å². The number of halogens is 2. The molecule has 160 valence electrons. The topological polar surface area (TPSA) is 62.8 Å². The van der Waals surface area contributed by atoms with Gasteiger partial charge in [0.15, 0.2) is 0 Å². The molecule has 0 bridgehead atoms. The van der Waals surface area contributed by atoms with Gasteiger partial charge in [0.1, 0.15) is 12.4 Å². The number of hydrogen-bond acceptors (Lipinski definition) is 5. The summed E-state index contributed by atoms with van der Waals surface area (Å²) in [4.78, 5) is 14.4. The van der Waals surface area contributed by atoms with Crippen LogP contribution in [-0.2, 0) is 16.1 Å². The van der Waals surface area contributed by atoms with Crippen molar-refractivity contribution >= 4 is 30.7 Å². The number of rotatable bonds is 8. The highest BCUT2D eigenvalue weighted by Crippen LogP contribution is 2.15. The van der Waals surface area contributed by atoms with E-state index in [1.54, 1.807) is 0 Å². The Hall–Kier alpha value is -1.05. The standard InChI is InChI=1S/C20H31N3O3.2ClH/c1-23(17-7-11-25-12-8-17)10-13-26-18-5-2-4-16(14-18)15-22-20(24)19-6-3-9-21-19;;/h2,4-5,14,17,19,21H,3,6-13,15H2,1H3,(H,22,24);2*1H. The van der Waals surface area contributed by atoms with Gasteiger partial charge in [0, 0.05) is 32.3 Å². The molecule has 3 rings (SSSR count). The number of hydrogen-bond donors (Lipinski definition) is 2. The molecule has 2 aliphatic heterocycles. The van der Waals surface area contributed by atoms with Gasteiger partial charge in [0.25, 0.3) is 0 Å². The second-order valence-corrected chi connectivity index (χ2v) is 7.19. The highest BCUT2D eigenvalue weighted by molar-refractivity contribution is 5.85. The van der Waals surface area contributed by atoms with E-state index < -0.39 is 0 Å². The van der Waals surface area contributed by atoms with Gasteiger partial charge < -0.3 is 20.1 Å². The molecule has 8 heteroatoms. The summed E-state index contributed by atoms with van der Waals surface area (Å²) in [6.45, 7) is 4.76. The maximum Gasteiger partial charge on any atom is 0.237 e. The highest BCUT2D eigenvalue weighted by atomic mass is 35.5. The third-order valence-electron chi connectivity index (χ3n) is 5.27. The Kier molecular flexibility index (Phi) is 11.8. The van der Waals surface area contributed by atoms with Crippen LogP contribution >= 0.6 is 24.8 Å². The minimum Gasteiger partial charge on any atom is -0.492 e. The van der Waals surface area contributed by atoms with Crippen LogP contribution in [0, 0.1) is 0 Å². The molecular formula is C20H33Cl2N3O3. The predicted octanol–water partition coefficient (Wildman–Crippen LogP) is 2.39.